The van der Waals surface area contributed by atoms with Gasteiger partial charge in [-0.1, -0.05) is 6.42 Å². The van der Waals surface area contributed by atoms with E-state index in [1.165, 1.54) is 17.7 Å². The molecule has 2 N–H and O–H groups in total. The third-order valence-electron chi connectivity index (χ3n) is 3.59. The molecule has 1 amide bonds. The Bertz CT molecular complexity index is 372. The van der Waals surface area contributed by atoms with Crippen LogP contribution >= 0.6 is 0 Å². The molecule has 6 nitrogen and oxygen atoms in total. The molecule has 0 spiro atoms. The van der Waals surface area contributed by atoms with Crippen LogP contribution in [0, 0.1) is 0 Å². The fourth-order valence-electron chi connectivity index (χ4n) is 2.40. The number of unbranched alkanes of at least 4 members (excludes halogenated alkanes) is 2. The minimum atomic E-state index is -0.793. The molecule has 0 saturated carbocycles. The van der Waals surface area contributed by atoms with Gasteiger partial charge in [0.2, 0.25) is 0 Å². The highest BCUT2D eigenvalue weighted by atomic mass is 16.4. The molecule has 0 aliphatic carbocycles. The Morgan fingerprint density at radius 2 is 2.05 bits per heavy atom. The van der Waals surface area contributed by atoms with E-state index in [1.807, 2.05) is 6.20 Å². The number of hydrogen-bond donors (Lipinski definition) is 2. The van der Waals surface area contributed by atoms with Crippen LogP contribution in [0.15, 0.2) is 12.4 Å². The van der Waals surface area contributed by atoms with Crippen molar-refractivity contribution in [1.29, 1.82) is 0 Å². The van der Waals surface area contributed by atoms with Gasteiger partial charge in [0.15, 0.2) is 0 Å². The van der Waals surface area contributed by atoms with Crippen LogP contribution in [0.3, 0.4) is 0 Å². The zero-order chi connectivity index (χ0) is 13.5. The van der Waals surface area contributed by atoms with Gasteiger partial charge in [0.25, 0.3) is 0 Å². The Hall–Kier alpha value is -1.56. The van der Waals surface area contributed by atoms with Crippen LogP contribution in [0.2, 0.25) is 0 Å². The monoisotopic (exact) mass is 266 g/mol. The molecule has 106 valence electrons. The fraction of sp³-hybridized carbons (Fsp3) is 0.692. The zero-order valence-corrected chi connectivity index (χ0v) is 11.2. The molecule has 0 aromatic carbocycles. The van der Waals surface area contributed by atoms with Crippen LogP contribution in [-0.4, -0.2) is 63.7 Å². The number of amides is 1. The summed E-state index contributed by atoms with van der Waals surface area (Å²) in [4.78, 5) is 21.9. The summed E-state index contributed by atoms with van der Waals surface area (Å²) in [5.74, 6) is 1.06. The quantitative estimate of drug-likeness (QED) is 0.764. The summed E-state index contributed by atoms with van der Waals surface area (Å²) < 4.78 is 0. The third-order valence-corrected chi connectivity index (χ3v) is 3.59. The van der Waals surface area contributed by atoms with Crippen molar-refractivity contribution in [1.82, 2.24) is 19.8 Å². The maximum absolute atomic E-state index is 10.8. The number of carboxylic acid groups (broad SMARTS) is 1. The lowest BCUT2D eigenvalue weighted by molar-refractivity contribution is 0.105. The van der Waals surface area contributed by atoms with Crippen LogP contribution < -0.4 is 0 Å². The molecule has 2 rings (SSSR count). The SMILES string of the molecule is O=C(O)N1CCN(CCCCCc2ncc[nH]2)CC1. The van der Waals surface area contributed by atoms with E-state index in [4.69, 9.17) is 5.11 Å². The van der Waals surface area contributed by atoms with Crippen LogP contribution in [0.5, 0.6) is 0 Å². The summed E-state index contributed by atoms with van der Waals surface area (Å²) in [6.07, 6.45) is 7.39. The van der Waals surface area contributed by atoms with E-state index in [2.05, 4.69) is 14.9 Å². The first-order valence-electron chi connectivity index (χ1n) is 6.94. The summed E-state index contributed by atoms with van der Waals surface area (Å²) in [6.45, 7) is 4.09. The Morgan fingerprint density at radius 3 is 2.68 bits per heavy atom. The molecule has 0 radical (unpaired) electrons. The molecule has 1 saturated heterocycles. The second kappa shape index (κ2) is 7.13. The van der Waals surface area contributed by atoms with Gasteiger partial charge in [-0.25, -0.2) is 9.78 Å². The van der Waals surface area contributed by atoms with Crippen molar-refractivity contribution in [3.63, 3.8) is 0 Å². The van der Waals surface area contributed by atoms with Gasteiger partial charge in [-0.15, -0.1) is 0 Å². The maximum Gasteiger partial charge on any atom is 0.407 e. The Balaban J connectivity index is 1.51. The van der Waals surface area contributed by atoms with Crippen LogP contribution in [0.4, 0.5) is 4.79 Å². The number of hydrogen-bond acceptors (Lipinski definition) is 3. The van der Waals surface area contributed by atoms with Crippen molar-refractivity contribution >= 4 is 6.09 Å². The highest BCUT2D eigenvalue weighted by Crippen LogP contribution is 2.06. The molecule has 19 heavy (non-hydrogen) atoms. The van der Waals surface area contributed by atoms with Crippen molar-refractivity contribution in [3.05, 3.63) is 18.2 Å². The van der Waals surface area contributed by atoms with Crippen LogP contribution in [-0.2, 0) is 6.42 Å². The van der Waals surface area contributed by atoms with Gasteiger partial charge in [-0.3, -0.25) is 4.90 Å². The van der Waals surface area contributed by atoms with E-state index < -0.39 is 6.09 Å². The van der Waals surface area contributed by atoms with Crippen molar-refractivity contribution in [2.24, 2.45) is 0 Å². The number of piperazine rings is 1. The molecule has 6 heteroatoms. The number of aromatic nitrogens is 2. The first kappa shape index (κ1) is 13.9. The van der Waals surface area contributed by atoms with Crippen LogP contribution in [0.1, 0.15) is 25.1 Å². The zero-order valence-electron chi connectivity index (χ0n) is 11.2. The first-order chi connectivity index (χ1) is 9.25. The molecule has 0 unspecified atom stereocenters. The van der Waals surface area contributed by atoms with Gasteiger partial charge in [-0.05, 0) is 19.4 Å². The summed E-state index contributed by atoms with van der Waals surface area (Å²) in [5, 5.41) is 8.86. The predicted octanol–water partition coefficient (Wildman–Crippen LogP) is 1.42. The molecule has 2 heterocycles. The lowest BCUT2D eigenvalue weighted by Crippen LogP contribution is -2.48. The van der Waals surface area contributed by atoms with Crippen molar-refractivity contribution < 1.29 is 9.90 Å². The largest absolute Gasteiger partial charge is 0.465 e. The topological polar surface area (TPSA) is 72.5 Å². The van der Waals surface area contributed by atoms with E-state index in [1.54, 1.807) is 6.20 Å². The molecule has 1 fully saturated rings. The fourth-order valence-corrected chi connectivity index (χ4v) is 2.40. The average Bonchev–Trinajstić information content (AvgIpc) is 2.92. The minimum absolute atomic E-state index is 0.641. The number of aryl methyl sites for hydroxylation is 1. The van der Waals surface area contributed by atoms with Crippen molar-refractivity contribution in [2.75, 3.05) is 32.7 Å². The van der Waals surface area contributed by atoms with Gasteiger partial charge in [0.1, 0.15) is 5.82 Å². The molecule has 0 atom stereocenters. The van der Waals surface area contributed by atoms with Gasteiger partial charge < -0.3 is 15.0 Å². The Kier molecular flexibility index (Phi) is 5.20. The molecule has 0 bridgehead atoms. The van der Waals surface area contributed by atoms with E-state index >= 15 is 0 Å². The summed E-state index contributed by atoms with van der Waals surface area (Å²) in [5.41, 5.74) is 0. The second-order valence-electron chi connectivity index (χ2n) is 4.96. The lowest BCUT2D eigenvalue weighted by Gasteiger charge is -2.33. The predicted molar refractivity (Wildman–Crippen MR) is 72.2 cm³/mol. The highest BCUT2D eigenvalue weighted by molar-refractivity contribution is 5.65. The number of carbonyl (C=O) groups is 1. The van der Waals surface area contributed by atoms with E-state index in [0.717, 1.165) is 38.3 Å². The van der Waals surface area contributed by atoms with Crippen molar-refractivity contribution in [3.8, 4) is 0 Å². The van der Waals surface area contributed by atoms with E-state index in [9.17, 15) is 4.79 Å². The van der Waals surface area contributed by atoms with Gasteiger partial charge in [0, 0.05) is 45.0 Å². The lowest BCUT2D eigenvalue weighted by atomic mass is 10.1. The van der Waals surface area contributed by atoms with Gasteiger partial charge >= 0.3 is 6.09 Å². The second-order valence-corrected chi connectivity index (χ2v) is 4.96. The Morgan fingerprint density at radius 1 is 1.26 bits per heavy atom. The van der Waals surface area contributed by atoms with Gasteiger partial charge in [0.05, 0.1) is 0 Å². The number of nitrogens with one attached hydrogen (secondary N) is 1. The highest BCUT2D eigenvalue weighted by Gasteiger charge is 2.19. The molecule has 1 aliphatic heterocycles. The number of H-pyrrole nitrogens is 1. The minimum Gasteiger partial charge on any atom is -0.465 e. The van der Waals surface area contributed by atoms with Crippen LogP contribution in [0.25, 0.3) is 0 Å². The Labute approximate surface area is 113 Å². The normalized spacial score (nSPS) is 16.7. The van der Waals surface area contributed by atoms with Crippen molar-refractivity contribution in [2.45, 2.75) is 25.7 Å². The van der Waals surface area contributed by atoms with Gasteiger partial charge in [-0.2, -0.15) is 0 Å². The standard InChI is InChI=1S/C13H22N4O2/c18-13(19)17-10-8-16(9-11-17)7-3-1-2-4-12-14-5-6-15-12/h5-6H,1-4,7-11H2,(H,14,15)(H,18,19). The first-order valence-corrected chi connectivity index (χ1v) is 6.94. The van der Waals surface area contributed by atoms with E-state index in [-0.39, 0.29) is 0 Å². The smallest absolute Gasteiger partial charge is 0.407 e. The maximum atomic E-state index is 10.8. The number of aromatic amines is 1. The third kappa shape index (κ3) is 4.55. The number of nitrogens with zero attached hydrogens (tertiary/aromatic N) is 3. The molecule has 1 aliphatic rings. The number of imidazole rings is 1. The average molecular weight is 266 g/mol. The molecular weight excluding hydrogens is 244 g/mol. The van der Waals surface area contributed by atoms with E-state index in [0.29, 0.717) is 13.1 Å². The number of rotatable bonds is 6. The summed E-state index contributed by atoms with van der Waals surface area (Å²) in [7, 11) is 0. The summed E-state index contributed by atoms with van der Waals surface area (Å²) >= 11 is 0. The molecular formula is C13H22N4O2. The summed E-state index contributed by atoms with van der Waals surface area (Å²) in [6, 6.07) is 0. The molecule has 1 aromatic rings. The molecule has 1 aromatic heterocycles.